The summed E-state index contributed by atoms with van der Waals surface area (Å²) in [5.41, 5.74) is 3.61. The van der Waals surface area contributed by atoms with Crippen LogP contribution in [0.5, 0.6) is 5.75 Å². The number of hydrogen-bond acceptors (Lipinski definition) is 7. The number of nitrogens with zero attached hydrogens (tertiary/aromatic N) is 3. The maximum absolute atomic E-state index is 13.6. The lowest BCUT2D eigenvalue weighted by Crippen LogP contribution is -2.39. The molecule has 0 N–H and O–H groups in total. The van der Waals surface area contributed by atoms with E-state index in [-0.39, 0.29) is 12.2 Å². The first-order valence-corrected chi connectivity index (χ1v) is 12.4. The molecular weight excluding hydrogens is 474 g/mol. The van der Waals surface area contributed by atoms with E-state index in [1.165, 1.54) is 11.3 Å². The smallest absolute Gasteiger partial charge is 0.338 e. The molecule has 0 radical (unpaired) electrons. The number of hydrogen-bond donors (Lipinski definition) is 0. The summed E-state index contributed by atoms with van der Waals surface area (Å²) < 4.78 is 12.7. The Bertz CT molecular complexity index is 1490. The van der Waals surface area contributed by atoms with Crippen LogP contribution in [0.3, 0.4) is 0 Å². The number of aromatic nitrogens is 1. The van der Waals surface area contributed by atoms with Gasteiger partial charge >= 0.3 is 5.97 Å². The molecule has 36 heavy (non-hydrogen) atoms. The zero-order chi connectivity index (χ0) is 25.8. The summed E-state index contributed by atoms with van der Waals surface area (Å²) in [7, 11) is 5.59. The fourth-order valence-corrected chi connectivity index (χ4v) is 5.04. The second-order valence-electron chi connectivity index (χ2n) is 8.44. The van der Waals surface area contributed by atoms with Gasteiger partial charge in [-0.1, -0.05) is 47.8 Å². The van der Waals surface area contributed by atoms with Crippen LogP contribution in [-0.4, -0.2) is 38.3 Å². The Hall–Kier alpha value is -3.91. The molecule has 2 aromatic carbocycles. The number of allylic oxidation sites excluding steroid dienone is 2. The van der Waals surface area contributed by atoms with Gasteiger partial charge in [-0.25, -0.2) is 9.79 Å². The molecule has 0 amide bonds. The van der Waals surface area contributed by atoms with E-state index in [0.717, 1.165) is 16.8 Å². The Balaban J connectivity index is 1.78. The SMILES string of the molecule is CCOC(=O)C1=C(C)N=c2s/c(=C/C=C/c3ccc(N(C)C)cc3)c(=O)n2[C@H]1c1ccc(OC)cc1. The van der Waals surface area contributed by atoms with Crippen LogP contribution < -0.4 is 24.5 Å². The molecule has 1 atom stereocenters. The van der Waals surface area contributed by atoms with Crippen molar-refractivity contribution in [2.24, 2.45) is 4.99 Å². The van der Waals surface area contributed by atoms with Gasteiger partial charge in [-0.3, -0.25) is 9.36 Å². The van der Waals surface area contributed by atoms with Crippen molar-refractivity contribution in [2.45, 2.75) is 19.9 Å². The van der Waals surface area contributed by atoms with E-state index >= 15 is 0 Å². The van der Waals surface area contributed by atoms with Crippen molar-refractivity contribution in [3.8, 4) is 5.75 Å². The Morgan fingerprint density at radius 2 is 1.83 bits per heavy atom. The summed E-state index contributed by atoms with van der Waals surface area (Å²) in [4.78, 5) is 33.7. The molecule has 0 aliphatic carbocycles. The standard InChI is InChI=1S/C28H29N3O4S/c1-6-35-27(33)24-18(2)29-28-31(25(24)20-12-16-22(34-5)17-13-20)26(32)23(36-28)9-7-8-19-10-14-21(15-11-19)30(3)4/h7-17,25H,6H2,1-5H3/b8-7+,23-9+/t25-/m0/s1. The zero-order valence-electron chi connectivity index (χ0n) is 21.0. The summed E-state index contributed by atoms with van der Waals surface area (Å²) in [6.45, 7) is 3.76. The van der Waals surface area contributed by atoms with Crippen LogP contribution in [0.2, 0.25) is 0 Å². The van der Waals surface area contributed by atoms with Crippen LogP contribution in [-0.2, 0) is 9.53 Å². The fourth-order valence-electron chi connectivity index (χ4n) is 4.04. The highest BCUT2D eigenvalue weighted by atomic mass is 32.1. The number of ether oxygens (including phenoxy) is 2. The number of carbonyl (C=O) groups excluding carboxylic acids is 1. The topological polar surface area (TPSA) is 73.1 Å². The monoisotopic (exact) mass is 503 g/mol. The molecule has 186 valence electrons. The van der Waals surface area contributed by atoms with E-state index < -0.39 is 12.0 Å². The summed E-state index contributed by atoms with van der Waals surface area (Å²) in [6, 6.07) is 14.8. The second-order valence-corrected chi connectivity index (χ2v) is 9.45. The highest BCUT2D eigenvalue weighted by Crippen LogP contribution is 2.31. The molecule has 1 aromatic heterocycles. The Morgan fingerprint density at radius 1 is 1.14 bits per heavy atom. The average molecular weight is 504 g/mol. The molecule has 2 heterocycles. The lowest BCUT2D eigenvalue weighted by Gasteiger charge is -2.24. The molecule has 0 bridgehead atoms. The number of thiazole rings is 1. The van der Waals surface area contributed by atoms with Gasteiger partial charge < -0.3 is 14.4 Å². The molecule has 3 aromatic rings. The van der Waals surface area contributed by atoms with Crippen LogP contribution in [0.25, 0.3) is 12.2 Å². The van der Waals surface area contributed by atoms with E-state index in [0.29, 0.717) is 26.4 Å². The zero-order valence-corrected chi connectivity index (χ0v) is 21.8. The van der Waals surface area contributed by atoms with E-state index in [9.17, 15) is 9.59 Å². The fraction of sp³-hybridized carbons (Fsp3) is 0.250. The second kappa shape index (κ2) is 10.8. The van der Waals surface area contributed by atoms with Crippen LogP contribution in [0, 0.1) is 0 Å². The average Bonchev–Trinajstić information content (AvgIpc) is 3.18. The van der Waals surface area contributed by atoms with Crippen molar-refractivity contribution in [1.82, 2.24) is 4.57 Å². The molecule has 4 rings (SSSR count). The molecule has 0 saturated heterocycles. The Kier molecular flexibility index (Phi) is 7.55. The van der Waals surface area contributed by atoms with Crippen LogP contribution in [0.4, 0.5) is 5.69 Å². The minimum Gasteiger partial charge on any atom is -0.497 e. The molecule has 0 unspecified atom stereocenters. The molecule has 1 aliphatic rings. The Morgan fingerprint density at radius 3 is 2.44 bits per heavy atom. The lowest BCUT2D eigenvalue weighted by atomic mass is 9.96. The Labute approximate surface area is 213 Å². The summed E-state index contributed by atoms with van der Waals surface area (Å²) in [6.07, 6.45) is 5.60. The minimum atomic E-state index is -0.643. The van der Waals surface area contributed by atoms with Crippen molar-refractivity contribution < 1.29 is 14.3 Å². The van der Waals surface area contributed by atoms with Gasteiger partial charge in [0.25, 0.3) is 5.56 Å². The largest absolute Gasteiger partial charge is 0.497 e. The number of carbonyl (C=O) groups is 1. The normalized spacial score (nSPS) is 15.6. The summed E-state index contributed by atoms with van der Waals surface area (Å²) in [5, 5.41) is 0. The van der Waals surface area contributed by atoms with Crippen molar-refractivity contribution in [2.75, 3.05) is 32.7 Å². The first kappa shape index (κ1) is 25.2. The van der Waals surface area contributed by atoms with Crippen LogP contribution in [0.15, 0.2) is 75.7 Å². The van der Waals surface area contributed by atoms with Gasteiger partial charge in [0.1, 0.15) is 5.75 Å². The summed E-state index contributed by atoms with van der Waals surface area (Å²) in [5.74, 6) is 0.211. The molecule has 0 saturated carbocycles. The maximum atomic E-state index is 13.6. The van der Waals surface area contributed by atoms with E-state index in [1.807, 2.05) is 79.7 Å². The van der Waals surface area contributed by atoms with Crippen molar-refractivity contribution in [3.05, 3.63) is 96.7 Å². The van der Waals surface area contributed by atoms with Gasteiger partial charge in [-0.15, -0.1) is 0 Å². The number of fused-ring (bicyclic) bond motifs is 1. The minimum absolute atomic E-state index is 0.207. The van der Waals surface area contributed by atoms with E-state index in [1.54, 1.807) is 31.6 Å². The van der Waals surface area contributed by atoms with Gasteiger partial charge in [0.05, 0.1) is 35.6 Å². The third-order valence-electron chi connectivity index (χ3n) is 5.89. The van der Waals surface area contributed by atoms with Crippen molar-refractivity contribution in [1.29, 1.82) is 0 Å². The first-order chi connectivity index (χ1) is 17.3. The predicted octanol–water partition coefficient (Wildman–Crippen LogP) is 3.54. The number of benzene rings is 2. The predicted molar refractivity (Wildman–Crippen MR) is 144 cm³/mol. The lowest BCUT2D eigenvalue weighted by molar-refractivity contribution is -0.139. The first-order valence-electron chi connectivity index (χ1n) is 11.6. The van der Waals surface area contributed by atoms with Gasteiger partial charge in [-0.05, 0) is 55.3 Å². The molecule has 8 heteroatoms. The van der Waals surface area contributed by atoms with Crippen LogP contribution in [0.1, 0.15) is 31.0 Å². The maximum Gasteiger partial charge on any atom is 0.338 e. The highest BCUT2D eigenvalue weighted by Gasteiger charge is 2.33. The van der Waals surface area contributed by atoms with Gasteiger partial charge in [-0.2, -0.15) is 0 Å². The third-order valence-corrected chi connectivity index (χ3v) is 6.90. The number of esters is 1. The number of methoxy groups -OCH3 is 1. The van der Waals surface area contributed by atoms with E-state index in [2.05, 4.69) is 4.99 Å². The van der Waals surface area contributed by atoms with Gasteiger partial charge in [0, 0.05) is 19.8 Å². The number of rotatable bonds is 7. The molecule has 7 nitrogen and oxygen atoms in total. The molecule has 1 aliphatic heterocycles. The van der Waals surface area contributed by atoms with Crippen molar-refractivity contribution >= 4 is 35.1 Å². The van der Waals surface area contributed by atoms with E-state index in [4.69, 9.17) is 9.47 Å². The highest BCUT2D eigenvalue weighted by molar-refractivity contribution is 7.07. The third kappa shape index (κ3) is 5.04. The van der Waals surface area contributed by atoms with Crippen LogP contribution >= 0.6 is 11.3 Å². The molecule has 0 fully saturated rings. The number of anilines is 1. The quantitative estimate of drug-likeness (QED) is 0.461. The molecular formula is C28H29N3O4S. The van der Waals surface area contributed by atoms with Gasteiger partial charge in [0.15, 0.2) is 4.80 Å². The van der Waals surface area contributed by atoms with Gasteiger partial charge in [0.2, 0.25) is 0 Å². The molecule has 0 spiro atoms. The summed E-state index contributed by atoms with van der Waals surface area (Å²) >= 11 is 1.30. The van der Waals surface area contributed by atoms with Crippen molar-refractivity contribution in [3.63, 3.8) is 0 Å².